The van der Waals surface area contributed by atoms with Gasteiger partial charge in [0.15, 0.2) is 0 Å². The zero-order valence-electron chi connectivity index (χ0n) is 21.0. The van der Waals surface area contributed by atoms with Crippen LogP contribution in [0, 0.1) is 5.92 Å². The van der Waals surface area contributed by atoms with Crippen molar-refractivity contribution < 1.29 is 0 Å². The smallest absolute Gasteiger partial charge is 0.0849 e. The molecule has 1 aliphatic heterocycles. The molecule has 33 heavy (non-hydrogen) atoms. The Hall–Kier alpha value is -2.09. The summed E-state index contributed by atoms with van der Waals surface area (Å²) >= 11 is 0. The summed E-state index contributed by atoms with van der Waals surface area (Å²) in [4.78, 5) is 7.19. The van der Waals surface area contributed by atoms with Crippen LogP contribution >= 0.6 is 0 Å². The van der Waals surface area contributed by atoms with Crippen LogP contribution in [0.5, 0.6) is 0 Å². The van der Waals surface area contributed by atoms with Gasteiger partial charge in [-0.3, -0.25) is 4.99 Å². The first-order chi connectivity index (χ1) is 16.4. The monoisotopic (exact) mass is 446 g/mol. The van der Waals surface area contributed by atoms with Gasteiger partial charge in [-0.25, -0.2) is 0 Å². The van der Waals surface area contributed by atoms with Crippen LogP contribution in [0.25, 0.3) is 0 Å². The lowest BCUT2D eigenvalue weighted by atomic mass is 9.76. The number of aliphatic imine (C=N–C) groups is 1. The van der Waals surface area contributed by atoms with E-state index in [1.807, 2.05) is 0 Å². The van der Waals surface area contributed by atoms with Crippen LogP contribution in [-0.4, -0.2) is 30.9 Å². The lowest BCUT2D eigenvalue weighted by Crippen LogP contribution is -2.35. The molecule has 0 aromatic heterocycles. The van der Waals surface area contributed by atoms with Gasteiger partial charge in [0.05, 0.1) is 6.34 Å². The average Bonchev–Trinajstić information content (AvgIpc) is 2.87. The highest BCUT2D eigenvalue weighted by molar-refractivity contribution is 5.55. The molecule has 2 nitrogen and oxygen atoms in total. The fraction of sp³-hybridized carbons (Fsp3) is 0.581. The zero-order valence-corrected chi connectivity index (χ0v) is 21.0. The molecule has 2 aromatic carbocycles. The molecule has 1 aliphatic rings. The molecule has 0 saturated carbocycles. The van der Waals surface area contributed by atoms with Crippen LogP contribution in [0.15, 0.2) is 65.7 Å². The molecule has 2 heteroatoms. The second-order valence-corrected chi connectivity index (χ2v) is 9.88. The second kappa shape index (κ2) is 15.7. The van der Waals surface area contributed by atoms with Gasteiger partial charge in [0.2, 0.25) is 0 Å². The van der Waals surface area contributed by atoms with Crippen molar-refractivity contribution in [2.45, 2.75) is 89.9 Å². The summed E-state index contributed by atoms with van der Waals surface area (Å²) in [5.41, 5.74) is 2.91. The maximum Gasteiger partial charge on any atom is 0.0849 e. The Morgan fingerprint density at radius 2 is 1.21 bits per heavy atom. The van der Waals surface area contributed by atoms with Gasteiger partial charge in [0.25, 0.3) is 0 Å². The maximum absolute atomic E-state index is 4.75. The predicted molar refractivity (Wildman–Crippen MR) is 144 cm³/mol. The quantitative estimate of drug-likeness (QED) is 0.152. The molecule has 1 heterocycles. The molecule has 2 aromatic rings. The van der Waals surface area contributed by atoms with E-state index in [1.54, 1.807) is 0 Å². The fourth-order valence-corrected chi connectivity index (χ4v) is 5.29. The SMILES string of the molecule is CCCCCCCCCCCC/N=C/N1CCC(C(c2ccccc2)c2ccccc2)CC1. The number of hydrogen-bond donors (Lipinski definition) is 0. The predicted octanol–water partition coefficient (Wildman–Crippen LogP) is 8.48. The van der Waals surface area contributed by atoms with E-state index in [0.29, 0.717) is 11.8 Å². The topological polar surface area (TPSA) is 15.6 Å². The van der Waals surface area contributed by atoms with E-state index < -0.39 is 0 Å². The molecule has 3 rings (SSSR count). The first-order valence-electron chi connectivity index (χ1n) is 13.7. The van der Waals surface area contributed by atoms with Gasteiger partial charge in [-0.1, -0.05) is 125 Å². The molecule has 1 saturated heterocycles. The minimum Gasteiger partial charge on any atom is -0.363 e. The highest BCUT2D eigenvalue weighted by Crippen LogP contribution is 2.37. The van der Waals surface area contributed by atoms with Crippen LogP contribution < -0.4 is 0 Å². The molecule has 0 aliphatic carbocycles. The lowest BCUT2D eigenvalue weighted by molar-refractivity contribution is 0.254. The van der Waals surface area contributed by atoms with Crippen LogP contribution in [0.2, 0.25) is 0 Å². The van der Waals surface area contributed by atoms with Crippen molar-refractivity contribution in [1.82, 2.24) is 4.90 Å². The van der Waals surface area contributed by atoms with Crippen LogP contribution in [-0.2, 0) is 0 Å². The minimum absolute atomic E-state index is 0.498. The molecule has 1 fully saturated rings. The van der Waals surface area contributed by atoms with E-state index in [0.717, 1.165) is 19.6 Å². The van der Waals surface area contributed by atoms with Crippen LogP contribution in [0.4, 0.5) is 0 Å². The van der Waals surface area contributed by atoms with Crippen molar-refractivity contribution in [3.05, 3.63) is 71.8 Å². The largest absolute Gasteiger partial charge is 0.363 e. The number of hydrogen-bond acceptors (Lipinski definition) is 1. The fourth-order valence-electron chi connectivity index (χ4n) is 5.29. The second-order valence-electron chi connectivity index (χ2n) is 9.88. The highest BCUT2D eigenvalue weighted by Gasteiger charge is 2.28. The van der Waals surface area contributed by atoms with Crippen LogP contribution in [0.1, 0.15) is 101 Å². The number of nitrogens with zero attached hydrogens (tertiary/aromatic N) is 2. The Balaban J connectivity index is 1.33. The molecule has 0 amide bonds. The van der Waals surface area contributed by atoms with Gasteiger partial charge >= 0.3 is 0 Å². The summed E-state index contributed by atoms with van der Waals surface area (Å²) < 4.78 is 0. The minimum atomic E-state index is 0.498. The maximum atomic E-state index is 4.75. The Labute approximate surface area is 203 Å². The lowest BCUT2D eigenvalue weighted by Gasteiger charge is -2.36. The van der Waals surface area contributed by atoms with E-state index in [4.69, 9.17) is 4.99 Å². The van der Waals surface area contributed by atoms with Gasteiger partial charge in [-0.2, -0.15) is 0 Å². The van der Waals surface area contributed by atoms with Gasteiger partial charge < -0.3 is 4.90 Å². The highest BCUT2D eigenvalue weighted by atomic mass is 15.1. The number of rotatable bonds is 15. The number of likely N-dealkylation sites (tertiary alicyclic amines) is 1. The molecule has 0 N–H and O–H groups in total. The number of unbranched alkanes of at least 4 members (excludes halogenated alkanes) is 9. The summed E-state index contributed by atoms with van der Waals surface area (Å²) in [6, 6.07) is 22.2. The summed E-state index contributed by atoms with van der Waals surface area (Å²) in [6.45, 7) is 5.54. The molecular formula is C31H46N2. The van der Waals surface area contributed by atoms with E-state index >= 15 is 0 Å². The van der Waals surface area contributed by atoms with Crippen molar-refractivity contribution in [2.75, 3.05) is 19.6 Å². The van der Waals surface area contributed by atoms with Crippen molar-refractivity contribution in [1.29, 1.82) is 0 Å². The van der Waals surface area contributed by atoms with E-state index in [9.17, 15) is 0 Å². The van der Waals surface area contributed by atoms with Crippen molar-refractivity contribution in [3.8, 4) is 0 Å². The summed E-state index contributed by atoms with van der Waals surface area (Å²) in [5, 5.41) is 0. The first kappa shape index (κ1) is 25.5. The van der Waals surface area contributed by atoms with E-state index in [2.05, 4.69) is 78.8 Å². The average molecular weight is 447 g/mol. The van der Waals surface area contributed by atoms with Crippen LogP contribution in [0.3, 0.4) is 0 Å². The third-order valence-corrected chi connectivity index (χ3v) is 7.25. The number of benzene rings is 2. The molecule has 180 valence electrons. The van der Waals surface area contributed by atoms with Crippen molar-refractivity contribution in [3.63, 3.8) is 0 Å². The van der Waals surface area contributed by atoms with Crippen molar-refractivity contribution in [2.24, 2.45) is 10.9 Å². The normalized spacial score (nSPS) is 15.0. The Bertz CT molecular complexity index is 708. The number of piperidine rings is 1. The first-order valence-corrected chi connectivity index (χ1v) is 13.7. The third-order valence-electron chi connectivity index (χ3n) is 7.25. The standard InChI is InChI=1S/C31H46N2/c1-2-3-4-5-6-7-8-9-10-17-24-32-27-33-25-22-30(23-26-33)31(28-18-13-11-14-19-28)29-20-15-12-16-21-29/h11-16,18-21,27,30-31H,2-10,17,22-26H2,1H3/b32-27+. The molecule has 0 bridgehead atoms. The summed E-state index contributed by atoms with van der Waals surface area (Å²) in [7, 11) is 0. The molecular weight excluding hydrogens is 400 g/mol. The summed E-state index contributed by atoms with van der Waals surface area (Å²) in [5.74, 6) is 1.19. The Morgan fingerprint density at radius 3 is 1.73 bits per heavy atom. The molecule has 0 spiro atoms. The van der Waals surface area contributed by atoms with Gasteiger partial charge in [0.1, 0.15) is 0 Å². The zero-order chi connectivity index (χ0) is 23.0. The van der Waals surface area contributed by atoms with Gasteiger partial charge in [-0.15, -0.1) is 0 Å². The molecule has 0 radical (unpaired) electrons. The van der Waals surface area contributed by atoms with Crippen molar-refractivity contribution >= 4 is 6.34 Å². The van der Waals surface area contributed by atoms with Gasteiger partial charge in [-0.05, 0) is 36.3 Å². The molecule has 0 atom stereocenters. The third kappa shape index (κ3) is 9.35. The van der Waals surface area contributed by atoms with Gasteiger partial charge in [0, 0.05) is 25.6 Å². The summed E-state index contributed by atoms with van der Waals surface area (Å²) in [6.07, 6.45) is 18.5. The Morgan fingerprint density at radius 1 is 0.727 bits per heavy atom. The van der Waals surface area contributed by atoms with E-state index in [-0.39, 0.29) is 0 Å². The Kier molecular flexibility index (Phi) is 12.1. The van der Waals surface area contributed by atoms with E-state index in [1.165, 1.54) is 88.2 Å². The molecule has 0 unspecified atom stereocenters.